The molecule has 0 spiro atoms. The van der Waals surface area contributed by atoms with Gasteiger partial charge in [0.1, 0.15) is 12.1 Å². The SMILES string of the molecule is c1nc2c(c(N3CCCCC3)n1)CNC2. The van der Waals surface area contributed by atoms with Crippen LogP contribution in [0.25, 0.3) is 0 Å². The molecule has 2 aliphatic heterocycles. The van der Waals surface area contributed by atoms with Gasteiger partial charge >= 0.3 is 0 Å². The van der Waals surface area contributed by atoms with E-state index in [0.29, 0.717) is 0 Å². The number of fused-ring (bicyclic) bond motifs is 1. The van der Waals surface area contributed by atoms with E-state index in [1.807, 2.05) is 0 Å². The van der Waals surface area contributed by atoms with Gasteiger partial charge in [0, 0.05) is 31.7 Å². The molecule has 2 aliphatic rings. The van der Waals surface area contributed by atoms with Crippen LogP contribution in [0.4, 0.5) is 5.82 Å². The maximum Gasteiger partial charge on any atom is 0.136 e. The van der Waals surface area contributed by atoms with E-state index >= 15 is 0 Å². The lowest BCUT2D eigenvalue weighted by atomic mass is 10.1. The second-order valence-corrected chi connectivity index (χ2v) is 4.27. The highest BCUT2D eigenvalue weighted by Gasteiger charge is 2.21. The van der Waals surface area contributed by atoms with E-state index in [1.54, 1.807) is 6.33 Å². The van der Waals surface area contributed by atoms with Crippen LogP contribution in [0, 0.1) is 0 Å². The van der Waals surface area contributed by atoms with Gasteiger partial charge in [0.05, 0.1) is 5.69 Å². The summed E-state index contributed by atoms with van der Waals surface area (Å²) in [4.78, 5) is 11.2. The summed E-state index contributed by atoms with van der Waals surface area (Å²) < 4.78 is 0. The molecule has 0 aromatic carbocycles. The third-order valence-corrected chi connectivity index (χ3v) is 3.26. The molecule has 3 heterocycles. The minimum atomic E-state index is 0.901. The van der Waals surface area contributed by atoms with Crippen molar-refractivity contribution in [1.29, 1.82) is 0 Å². The van der Waals surface area contributed by atoms with Crippen molar-refractivity contribution in [1.82, 2.24) is 15.3 Å². The van der Waals surface area contributed by atoms with Crippen molar-refractivity contribution in [2.75, 3.05) is 18.0 Å². The molecule has 0 bridgehead atoms. The molecule has 1 fully saturated rings. The normalized spacial score (nSPS) is 20.4. The van der Waals surface area contributed by atoms with Gasteiger partial charge in [-0.3, -0.25) is 0 Å². The first-order chi connectivity index (χ1) is 7.45. The third-order valence-electron chi connectivity index (χ3n) is 3.26. The number of hydrogen-bond donors (Lipinski definition) is 1. The van der Waals surface area contributed by atoms with E-state index in [9.17, 15) is 0 Å². The lowest BCUT2D eigenvalue weighted by molar-refractivity contribution is 0.571. The molecule has 4 nitrogen and oxygen atoms in total. The third kappa shape index (κ3) is 1.59. The summed E-state index contributed by atoms with van der Waals surface area (Å²) in [5.74, 6) is 1.17. The van der Waals surface area contributed by atoms with Gasteiger partial charge in [-0.15, -0.1) is 0 Å². The lowest BCUT2D eigenvalue weighted by Crippen LogP contribution is -2.31. The molecule has 0 atom stereocenters. The molecule has 0 unspecified atom stereocenters. The first-order valence-corrected chi connectivity index (χ1v) is 5.73. The Kier molecular flexibility index (Phi) is 2.29. The Morgan fingerprint density at radius 1 is 1.07 bits per heavy atom. The monoisotopic (exact) mass is 204 g/mol. The van der Waals surface area contributed by atoms with Gasteiger partial charge in [0.2, 0.25) is 0 Å². The standard InChI is InChI=1S/C11H16N4/c1-2-4-15(5-3-1)11-9-6-12-7-10(9)13-8-14-11/h8,12H,1-7H2. The van der Waals surface area contributed by atoms with Crippen molar-refractivity contribution in [2.24, 2.45) is 0 Å². The number of hydrogen-bond acceptors (Lipinski definition) is 4. The van der Waals surface area contributed by atoms with Crippen LogP contribution in [0.15, 0.2) is 6.33 Å². The second-order valence-electron chi connectivity index (χ2n) is 4.27. The molecule has 80 valence electrons. The summed E-state index contributed by atoms with van der Waals surface area (Å²) in [6, 6.07) is 0. The van der Waals surface area contributed by atoms with Crippen LogP contribution in [0.5, 0.6) is 0 Å². The number of aromatic nitrogens is 2. The molecule has 3 rings (SSSR count). The second kappa shape index (κ2) is 3.77. The molecule has 0 amide bonds. The molecule has 0 radical (unpaired) electrons. The van der Waals surface area contributed by atoms with Crippen molar-refractivity contribution in [2.45, 2.75) is 32.4 Å². The number of nitrogens with one attached hydrogen (secondary N) is 1. The van der Waals surface area contributed by atoms with Crippen LogP contribution in [0.3, 0.4) is 0 Å². The fraction of sp³-hybridized carbons (Fsp3) is 0.636. The van der Waals surface area contributed by atoms with Gasteiger partial charge in [0.15, 0.2) is 0 Å². The summed E-state index contributed by atoms with van der Waals surface area (Å²) in [7, 11) is 0. The van der Waals surface area contributed by atoms with Crippen LogP contribution in [-0.4, -0.2) is 23.1 Å². The Labute approximate surface area is 89.7 Å². The van der Waals surface area contributed by atoms with E-state index < -0.39 is 0 Å². The average molecular weight is 204 g/mol. The Bertz CT molecular complexity index is 358. The van der Waals surface area contributed by atoms with Crippen molar-refractivity contribution in [3.8, 4) is 0 Å². The van der Waals surface area contributed by atoms with E-state index in [1.165, 1.54) is 36.3 Å². The summed E-state index contributed by atoms with van der Waals surface area (Å²) in [5, 5.41) is 3.34. The van der Waals surface area contributed by atoms with Crippen LogP contribution in [0.2, 0.25) is 0 Å². The number of nitrogens with zero attached hydrogens (tertiary/aromatic N) is 3. The highest BCUT2D eigenvalue weighted by molar-refractivity contribution is 5.50. The zero-order valence-electron chi connectivity index (χ0n) is 8.87. The highest BCUT2D eigenvalue weighted by atomic mass is 15.2. The Morgan fingerprint density at radius 3 is 2.80 bits per heavy atom. The predicted molar refractivity (Wildman–Crippen MR) is 58.6 cm³/mol. The maximum atomic E-state index is 4.45. The minimum Gasteiger partial charge on any atom is -0.356 e. The maximum absolute atomic E-state index is 4.45. The Hall–Kier alpha value is -1.16. The van der Waals surface area contributed by atoms with Crippen molar-refractivity contribution >= 4 is 5.82 Å². The molecule has 1 saturated heterocycles. The zero-order chi connectivity index (χ0) is 10.1. The summed E-state index contributed by atoms with van der Waals surface area (Å²) >= 11 is 0. The summed E-state index contributed by atoms with van der Waals surface area (Å²) in [5.41, 5.74) is 2.50. The van der Waals surface area contributed by atoms with Gasteiger partial charge in [0.25, 0.3) is 0 Å². The summed E-state index contributed by atoms with van der Waals surface area (Å²) in [6.45, 7) is 4.15. The number of piperidine rings is 1. The van der Waals surface area contributed by atoms with Crippen molar-refractivity contribution < 1.29 is 0 Å². The van der Waals surface area contributed by atoms with Crippen LogP contribution in [-0.2, 0) is 13.1 Å². The van der Waals surface area contributed by atoms with Gasteiger partial charge < -0.3 is 10.2 Å². The quantitative estimate of drug-likeness (QED) is 0.743. The largest absolute Gasteiger partial charge is 0.356 e. The van der Waals surface area contributed by atoms with Crippen LogP contribution >= 0.6 is 0 Å². The van der Waals surface area contributed by atoms with Gasteiger partial charge in [-0.2, -0.15) is 0 Å². The molecule has 15 heavy (non-hydrogen) atoms. The fourth-order valence-corrected chi connectivity index (χ4v) is 2.46. The topological polar surface area (TPSA) is 41.1 Å². The van der Waals surface area contributed by atoms with Gasteiger partial charge in [-0.05, 0) is 19.3 Å². The Balaban J connectivity index is 1.93. The average Bonchev–Trinajstić information content (AvgIpc) is 2.78. The van der Waals surface area contributed by atoms with E-state index in [0.717, 1.165) is 26.2 Å². The molecule has 0 saturated carbocycles. The highest BCUT2D eigenvalue weighted by Crippen LogP contribution is 2.25. The smallest absolute Gasteiger partial charge is 0.136 e. The summed E-state index contributed by atoms with van der Waals surface area (Å²) in [6.07, 6.45) is 5.66. The van der Waals surface area contributed by atoms with Crippen LogP contribution in [0.1, 0.15) is 30.5 Å². The molecular weight excluding hydrogens is 188 g/mol. The predicted octanol–water partition coefficient (Wildman–Crippen LogP) is 1.07. The molecule has 1 aromatic rings. The molecule has 1 N–H and O–H groups in total. The minimum absolute atomic E-state index is 0.901. The molecule has 1 aromatic heterocycles. The first-order valence-electron chi connectivity index (χ1n) is 5.73. The molecular formula is C11H16N4. The van der Waals surface area contributed by atoms with Gasteiger partial charge in [-0.25, -0.2) is 9.97 Å². The molecule has 4 heteroatoms. The zero-order valence-corrected chi connectivity index (χ0v) is 8.87. The van der Waals surface area contributed by atoms with Crippen molar-refractivity contribution in [3.05, 3.63) is 17.6 Å². The van der Waals surface area contributed by atoms with Crippen LogP contribution < -0.4 is 10.2 Å². The number of rotatable bonds is 1. The lowest BCUT2D eigenvalue weighted by Gasteiger charge is -2.28. The van der Waals surface area contributed by atoms with E-state index in [-0.39, 0.29) is 0 Å². The molecule has 0 aliphatic carbocycles. The number of anilines is 1. The van der Waals surface area contributed by atoms with Crippen molar-refractivity contribution in [3.63, 3.8) is 0 Å². The van der Waals surface area contributed by atoms with Gasteiger partial charge in [-0.1, -0.05) is 0 Å². The fourth-order valence-electron chi connectivity index (χ4n) is 2.46. The van der Waals surface area contributed by atoms with E-state index in [2.05, 4.69) is 20.2 Å². The van der Waals surface area contributed by atoms with E-state index in [4.69, 9.17) is 0 Å². The first kappa shape index (κ1) is 9.09. The Morgan fingerprint density at radius 2 is 1.93 bits per heavy atom.